The van der Waals surface area contributed by atoms with Crippen LogP contribution < -0.4 is 16.6 Å². The summed E-state index contributed by atoms with van der Waals surface area (Å²) in [4.78, 5) is 29.3. The van der Waals surface area contributed by atoms with Gasteiger partial charge in [-0.15, -0.1) is 0 Å². The van der Waals surface area contributed by atoms with Crippen LogP contribution >= 0.6 is 0 Å². The third-order valence-electron chi connectivity index (χ3n) is 4.27. The molecule has 0 aromatic carbocycles. The van der Waals surface area contributed by atoms with Crippen LogP contribution in [0.2, 0.25) is 0 Å². The highest BCUT2D eigenvalue weighted by molar-refractivity contribution is 5.70. The van der Waals surface area contributed by atoms with Gasteiger partial charge < -0.3 is 9.88 Å². The van der Waals surface area contributed by atoms with Crippen LogP contribution in [0.4, 0.5) is 0 Å². The summed E-state index contributed by atoms with van der Waals surface area (Å²) in [6.45, 7) is 6.50. The van der Waals surface area contributed by atoms with Crippen molar-refractivity contribution in [3.63, 3.8) is 0 Å². The number of aryl methyl sites for hydroxylation is 1. The highest BCUT2D eigenvalue weighted by Crippen LogP contribution is 2.21. The number of hydrogen-bond donors (Lipinski definition) is 1. The molecule has 1 N–H and O–H groups in total. The summed E-state index contributed by atoms with van der Waals surface area (Å²) in [5, 5.41) is 3.32. The number of aromatic nitrogens is 4. The maximum atomic E-state index is 12.6. The minimum absolute atomic E-state index is 0.224. The van der Waals surface area contributed by atoms with Gasteiger partial charge in [-0.2, -0.15) is 0 Å². The molecule has 7 nitrogen and oxygen atoms in total. The van der Waals surface area contributed by atoms with E-state index in [1.54, 1.807) is 10.9 Å². The summed E-state index contributed by atoms with van der Waals surface area (Å²) in [6, 6.07) is 0.275. The highest BCUT2D eigenvalue weighted by Gasteiger charge is 2.22. The number of hydrogen-bond acceptors (Lipinski definition) is 4. The zero-order chi connectivity index (χ0) is 15.0. The lowest BCUT2D eigenvalue weighted by Gasteiger charge is -2.24. The normalized spacial score (nSPS) is 16.7. The summed E-state index contributed by atoms with van der Waals surface area (Å²) in [7, 11) is 0. The largest absolute Gasteiger partial charge is 0.332 e. The van der Waals surface area contributed by atoms with E-state index < -0.39 is 0 Å². The van der Waals surface area contributed by atoms with Crippen molar-refractivity contribution >= 4 is 11.2 Å². The standard InChI is InChI=1S/C14H21N5O2/c1-3-17-12-11(13(20)18(4-2)14(17)21)19(9-16-12)10-5-7-15-8-6-10/h9-10,15H,3-8H2,1-2H3. The van der Waals surface area contributed by atoms with E-state index in [-0.39, 0.29) is 17.3 Å². The van der Waals surface area contributed by atoms with Gasteiger partial charge >= 0.3 is 5.69 Å². The van der Waals surface area contributed by atoms with Crippen LogP contribution in [-0.4, -0.2) is 31.8 Å². The van der Waals surface area contributed by atoms with E-state index in [9.17, 15) is 9.59 Å². The Bertz CT molecular complexity index is 764. The number of nitrogens with one attached hydrogen (secondary N) is 1. The van der Waals surface area contributed by atoms with Gasteiger partial charge in [-0.1, -0.05) is 0 Å². The summed E-state index contributed by atoms with van der Waals surface area (Å²) >= 11 is 0. The summed E-state index contributed by atoms with van der Waals surface area (Å²) in [5.74, 6) is 0. The van der Waals surface area contributed by atoms with Gasteiger partial charge in [0.05, 0.1) is 6.33 Å². The number of piperidine rings is 1. The zero-order valence-electron chi connectivity index (χ0n) is 12.5. The fourth-order valence-electron chi connectivity index (χ4n) is 3.13. The molecule has 1 fully saturated rings. The van der Waals surface area contributed by atoms with Crippen LogP contribution in [-0.2, 0) is 13.1 Å². The van der Waals surface area contributed by atoms with Crippen molar-refractivity contribution in [1.82, 2.24) is 24.0 Å². The molecule has 0 aliphatic carbocycles. The number of rotatable bonds is 3. The highest BCUT2D eigenvalue weighted by atomic mass is 16.2. The van der Waals surface area contributed by atoms with Crippen molar-refractivity contribution in [2.75, 3.05) is 13.1 Å². The molecule has 0 unspecified atom stereocenters. The maximum absolute atomic E-state index is 12.6. The summed E-state index contributed by atoms with van der Waals surface area (Å²) in [5.41, 5.74) is 0.576. The van der Waals surface area contributed by atoms with Crippen molar-refractivity contribution in [2.45, 2.75) is 45.8 Å². The molecule has 1 aliphatic rings. The van der Waals surface area contributed by atoms with Crippen LogP contribution in [0, 0.1) is 0 Å². The first kappa shape index (κ1) is 14.1. The van der Waals surface area contributed by atoms with Crippen molar-refractivity contribution in [3.8, 4) is 0 Å². The Balaban J connectivity index is 2.29. The van der Waals surface area contributed by atoms with Gasteiger partial charge in [0.25, 0.3) is 5.56 Å². The van der Waals surface area contributed by atoms with E-state index in [0.717, 1.165) is 25.9 Å². The minimum Gasteiger partial charge on any atom is -0.322 e. The van der Waals surface area contributed by atoms with Crippen molar-refractivity contribution < 1.29 is 0 Å². The average molecular weight is 291 g/mol. The van der Waals surface area contributed by atoms with Crippen LogP contribution in [0.3, 0.4) is 0 Å². The van der Waals surface area contributed by atoms with E-state index in [1.165, 1.54) is 4.57 Å². The lowest BCUT2D eigenvalue weighted by atomic mass is 10.1. The van der Waals surface area contributed by atoms with E-state index in [0.29, 0.717) is 24.3 Å². The van der Waals surface area contributed by atoms with Crippen molar-refractivity contribution in [2.24, 2.45) is 0 Å². The second kappa shape index (κ2) is 5.48. The van der Waals surface area contributed by atoms with Crippen LogP contribution in [0.25, 0.3) is 11.2 Å². The molecule has 0 amide bonds. The fourth-order valence-corrected chi connectivity index (χ4v) is 3.13. The third-order valence-corrected chi connectivity index (χ3v) is 4.27. The SMILES string of the molecule is CCn1c(=O)c2c(ncn2C2CCNCC2)n(CC)c1=O. The van der Waals surface area contributed by atoms with E-state index in [4.69, 9.17) is 0 Å². The molecule has 1 aliphatic heterocycles. The van der Waals surface area contributed by atoms with E-state index >= 15 is 0 Å². The fraction of sp³-hybridized carbons (Fsp3) is 0.643. The van der Waals surface area contributed by atoms with Gasteiger partial charge in [0, 0.05) is 19.1 Å². The lowest BCUT2D eigenvalue weighted by molar-refractivity contribution is 0.373. The predicted molar refractivity (Wildman–Crippen MR) is 80.7 cm³/mol. The van der Waals surface area contributed by atoms with E-state index in [1.807, 2.05) is 18.4 Å². The van der Waals surface area contributed by atoms with Crippen molar-refractivity contribution in [1.29, 1.82) is 0 Å². The minimum atomic E-state index is -0.270. The summed E-state index contributed by atoms with van der Waals surface area (Å²) < 4.78 is 4.85. The van der Waals surface area contributed by atoms with Gasteiger partial charge in [0.2, 0.25) is 0 Å². The lowest BCUT2D eigenvalue weighted by Crippen LogP contribution is -2.40. The average Bonchev–Trinajstić information content (AvgIpc) is 2.94. The first-order chi connectivity index (χ1) is 10.2. The Morgan fingerprint density at radius 2 is 1.86 bits per heavy atom. The molecule has 114 valence electrons. The quantitative estimate of drug-likeness (QED) is 0.884. The van der Waals surface area contributed by atoms with Crippen LogP contribution in [0.1, 0.15) is 32.7 Å². The van der Waals surface area contributed by atoms with Crippen molar-refractivity contribution in [3.05, 3.63) is 27.2 Å². The number of imidazole rings is 1. The monoisotopic (exact) mass is 291 g/mol. The molecule has 3 rings (SSSR count). The molecule has 0 bridgehead atoms. The van der Waals surface area contributed by atoms with E-state index in [2.05, 4.69) is 10.3 Å². The van der Waals surface area contributed by atoms with Crippen LogP contribution in [0.15, 0.2) is 15.9 Å². The third kappa shape index (κ3) is 2.12. The zero-order valence-corrected chi connectivity index (χ0v) is 12.5. The molecule has 21 heavy (non-hydrogen) atoms. The molecule has 3 heterocycles. The Hall–Kier alpha value is -1.89. The molecular weight excluding hydrogens is 270 g/mol. The van der Waals surface area contributed by atoms with Gasteiger partial charge in [-0.05, 0) is 39.8 Å². The molecule has 2 aromatic rings. The molecule has 0 saturated carbocycles. The van der Waals surface area contributed by atoms with Crippen LogP contribution in [0.5, 0.6) is 0 Å². The second-order valence-electron chi connectivity index (χ2n) is 5.38. The molecule has 0 atom stereocenters. The van der Waals surface area contributed by atoms with Gasteiger partial charge in [-0.3, -0.25) is 13.9 Å². The number of nitrogens with zero attached hydrogens (tertiary/aromatic N) is 4. The molecule has 0 spiro atoms. The van der Waals surface area contributed by atoms with Gasteiger partial charge in [-0.25, -0.2) is 9.78 Å². The molecule has 1 saturated heterocycles. The Morgan fingerprint density at radius 3 is 2.48 bits per heavy atom. The maximum Gasteiger partial charge on any atom is 0.332 e. The first-order valence-electron chi connectivity index (χ1n) is 7.59. The Kier molecular flexibility index (Phi) is 3.67. The Labute approximate surface area is 122 Å². The topological polar surface area (TPSA) is 73.8 Å². The molecule has 7 heteroatoms. The second-order valence-corrected chi connectivity index (χ2v) is 5.38. The Morgan fingerprint density at radius 1 is 1.19 bits per heavy atom. The summed E-state index contributed by atoms with van der Waals surface area (Å²) in [6.07, 6.45) is 3.66. The molecule has 2 aromatic heterocycles. The molecule has 0 radical (unpaired) electrons. The smallest absolute Gasteiger partial charge is 0.322 e. The van der Waals surface area contributed by atoms with Gasteiger partial charge in [0.15, 0.2) is 11.2 Å². The number of fused-ring (bicyclic) bond motifs is 1. The predicted octanol–water partition coefficient (Wildman–Crippen LogP) is 0.324. The molecular formula is C14H21N5O2. The van der Waals surface area contributed by atoms with Gasteiger partial charge in [0.1, 0.15) is 0 Å². The first-order valence-corrected chi connectivity index (χ1v) is 7.59.